The van der Waals surface area contributed by atoms with Crippen molar-refractivity contribution in [2.75, 3.05) is 24.6 Å². The highest BCUT2D eigenvalue weighted by molar-refractivity contribution is 6.30. The minimum absolute atomic E-state index is 0.132. The predicted octanol–water partition coefficient (Wildman–Crippen LogP) is 4.26. The Labute approximate surface area is 142 Å². The summed E-state index contributed by atoms with van der Waals surface area (Å²) in [5, 5.41) is 3.49. The Morgan fingerprint density at radius 3 is 2.70 bits per heavy atom. The van der Waals surface area contributed by atoms with Gasteiger partial charge in [-0.1, -0.05) is 29.8 Å². The Hall–Kier alpha value is -2.20. The van der Waals surface area contributed by atoms with Gasteiger partial charge in [0, 0.05) is 17.3 Å². The number of carbonyl (C=O) groups is 1. The number of nitrogens with one attached hydrogen (secondary N) is 1. The van der Waals surface area contributed by atoms with Gasteiger partial charge in [0.25, 0.3) is 0 Å². The molecule has 0 aliphatic heterocycles. The molecule has 0 radical (unpaired) electrons. The number of carbonyl (C=O) groups excluding carboxylic acids is 1. The summed E-state index contributed by atoms with van der Waals surface area (Å²) < 4.78 is 5.56. The number of benzene rings is 2. The Balaban J connectivity index is 1.83. The van der Waals surface area contributed by atoms with Crippen molar-refractivity contribution in [3.8, 4) is 5.75 Å². The van der Waals surface area contributed by atoms with Gasteiger partial charge in [0.15, 0.2) is 0 Å². The average Bonchev–Trinajstić information content (AvgIpc) is 2.52. The van der Waals surface area contributed by atoms with Crippen LogP contribution in [0.3, 0.4) is 0 Å². The Morgan fingerprint density at radius 2 is 2.00 bits per heavy atom. The monoisotopic (exact) mass is 332 g/mol. The number of urea groups is 1. The number of hydrogen-bond acceptors (Lipinski definition) is 2. The number of nitrogens with zero attached hydrogens (tertiary/aromatic N) is 1. The number of anilines is 1. The smallest absolute Gasteiger partial charge is 0.321 e. The highest BCUT2D eigenvalue weighted by Gasteiger charge is 2.13. The zero-order valence-electron chi connectivity index (χ0n) is 13.4. The third-order valence-electron chi connectivity index (χ3n) is 3.32. The van der Waals surface area contributed by atoms with E-state index in [1.807, 2.05) is 50.2 Å². The molecule has 0 aliphatic rings. The van der Waals surface area contributed by atoms with E-state index in [0.717, 1.165) is 11.3 Å². The van der Waals surface area contributed by atoms with E-state index < -0.39 is 0 Å². The van der Waals surface area contributed by atoms with Crippen molar-refractivity contribution in [2.45, 2.75) is 13.8 Å². The van der Waals surface area contributed by atoms with Crippen LogP contribution in [0.2, 0.25) is 5.02 Å². The molecule has 122 valence electrons. The maximum absolute atomic E-state index is 12.3. The van der Waals surface area contributed by atoms with E-state index in [9.17, 15) is 4.79 Å². The van der Waals surface area contributed by atoms with Crippen molar-refractivity contribution in [2.24, 2.45) is 0 Å². The van der Waals surface area contributed by atoms with Crippen LogP contribution in [0.5, 0.6) is 5.75 Å². The second kappa shape index (κ2) is 8.44. The minimum atomic E-state index is -0.132. The van der Waals surface area contributed by atoms with E-state index in [0.29, 0.717) is 30.5 Å². The molecule has 2 aromatic carbocycles. The van der Waals surface area contributed by atoms with Crippen molar-refractivity contribution in [3.63, 3.8) is 0 Å². The van der Waals surface area contributed by atoms with Crippen LogP contribution in [0.4, 0.5) is 10.5 Å². The molecule has 0 saturated carbocycles. The van der Waals surface area contributed by atoms with Crippen LogP contribution in [-0.4, -0.2) is 25.7 Å². The molecule has 2 aromatic rings. The van der Waals surface area contributed by atoms with Gasteiger partial charge in [-0.3, -0.25) is 4.90 Å². The molecule has 23 heavy (non-hydrogen) atoms. The van der Waals surface area contributed by atoms with E-state index in [1.165, 1.54) is 0 Å². The first-order valence-corrected chi connectivity index (χ1v) is 7.98. The predicted molar refractivity (Wildman–Crippen MR) is 94.5 cm³/mol. The summed E-state index contributed by atoms with van der Waals surface area (Å²) >= 11 is 5.89. The van der Waals surface area contributed by atoms with Crippen LogP contribution in [0.1, 0.15) is 12.5 Å². The summed E-state index contributed by atoms with van der Waals surface area (Å²) in [4.78, 5) is 14.0. The molecule has 0 spiro atoms. The molecule has 0 aromatic heterocycles. The third-order valence-corrected chi connectivity index (χ3v) is 3.55. The summed E-state index contributed by atoms with van der Waals surface area (Å²) in [7, 11) is 0. The fraction of sp³-hybridized carbons (Fsp3) is 0.278. The highest BCUT2D eigenvalue weighted by atomic mass is 35.5. The molecule has 0 bridgehead atoms. The van der Waals surface area contributed by atoms with Gasteiger partial charge in [-0.25, -0.2) is 4.79 Å². The largest absolute Gasteiger partial charge is 0.492 e. The molecule has 0 heterocycles. The summed E-state index contributed by atoms with van der Waals surface area (Å²) in [6.07, 6.45) is 0. The SMILES string of the molecule is CCN(C(=O)NCCOc1cccc(Cl)c1)c1cccc(C)c1. The second-order valence-corrected chi connectivity index (χ2v) is 5.56. The maximum Gasteiger partial charge on any atom is 0.321 e. The molecule has 5 heteroatoms. The van der Waals surface area contributed by atoms with E-state index in [2.05, 4.69) is 5.32 Å². The summed E-state index contributed by atoms with van der Waals surface area (Å²) in [5.74, 6) is 0.692. The fourth-order valence-corrected chi connectivity index (χ4v) is 2.40. The summed E-state index contributed by atoms with van der Waals surface area (Å²) in [5.41, 5.74) is 2.01. The lowest BCUT2D eigenvalue weighted by atomic mass is 10.2. The van der Waals surface area contributed by atoms with E-state index in [-0.39, 0.29) is 6.03 Å². The second-order valence-electron chi connectivity index (χ2n) is 5.12. The standard InChI is InChI=1S/C18H21ClN2O2/c1-3-21(16-8-4-6-14(2)12-16)18(22)20-10-11-23-17-9-5-7-15(19)13-17/h4-9,12-13H,3,10-11H2,1-2H3,(H,20,22). The summed E-state index contributed by atoms with van der Waals surface area (Å²) in [6, 6.07) is 14.9. The Bertz CT molecular complexity index is 661. The molecule has 4 nitrogen and oxygen atoms in total. The number of hydrogen-bond donors (Lipinski definition) is 1. The molecular formula is C18H21ClN2O2. The van der Waals surface area contributed by atoms with Gasteiger partial charge in [0.2, 0.25) is 0 Å². The maximum atomic E-state index is 12.3. The van der Waals surface area contributed by atoms with Crippen LogP contribution in [0.25, 0.3) is 0 Å². The van der Waals surface area contributed by atoms with Crippen LogP contribution >= 0.6 is 11.6 Å². The van der Waals surface area contributed by atoms with Gasteiger partial charge < -0.3 is 10.1 Å². The van der Waals surface area contributed by atoms with Gasteiger partial charge in [-0.05, 0) is 49.7 Å². The quantitative estimate of drug-likeness (QED) is 0.803. The normalized spacial score (nSPS) is 10.2. The van der Waals surface area contributed by atoms with Gasteiger partial charge >= 0.3 is 6.03 Å². The van der Waals surface area contributed by atoms with E-state index >= 15 is 0 Å². The topological polar surface area (TPSA) is 41.6 Å². The fourth-order valence-electron chi connectivity index (χ4n) is 2.22. The number of halogens is 1. The van der Waals surface area contributed by atoms with Gasteiger partial charge in [0.05, 0.1) is 6.54 Å². The molecule has 0 aliphatic carbocycles. The first-order chi connectivity index (χ1) is 11.1. The van der Waals surface area contributed by atoms with Crippen molar-refractivity contribution < 1.29 is 9.53 Å². The highest BCUT2D eigenvalue weighted by Crippen LogP contribution is 2.17. The number of amides is 2. The van der Waals surface area contributed by atoms with Crippen molar-refractivity contribution in [3.05, 3.63) is 59.1 Å². The van der Waals surface area contributed by atoms with E-state index in [4.69, 9.17) is 16.3 Å². The van der Waals surface area contributed by atoms with Crippen LogP contribution in [0.15, 0.2) is 48.5 Å². The molecule has 2 rings (SSSR count). The molecule has 0 unspecified atom stereocenters. The Morgan fingerprint density at radius 1 is 1.22 bits per heavy atom. The number of aryl methyl sites for hydroxylation is 1. The zero-order chi connectivity index (χ0) is 16.7. The van der Waals surface area contributed by atoms with Gasteiger partial charge in [-0.2, -0.15) is 0 Å². The van der Waals surface area contributed by atoms with Crippen LogP contribution < -0.4 is 15.0 Å². The van der Waals surface area contributed by atoms with Gasteiger partial charge in [-0.15, -0.1) is 0 Å². The lowest BCUT2D eigenvalue weighted by Crippen LogP contribution is -2.41. The molecule has 0 atom stereocenters. The molecular weight excluding hydrogens is 312 g/mol. The number of ether oxygens (including phenoxy) is 1. The van der Waals surface area contributed by atoms with Gasteiger partial charge in [0.1, 0.15) is 12.4 Å². The molecule has 0 saturated heterocycles. The third kappa shape index (κ3) is 5.18. The molecule has 0 fully saturated rings. The van der Waals surface area contributed by atoms with Crippen molar-refractivity contribution in [1.82, 2.24) is 5.32 Å². The van der Waals surface area contributed by atoms with Crippen LogP contribution in [0, 0.1) is 6.92 Å². The van der Waals surface area contributed by atoms with Crippen molar-refractivity contribution >= 4 is 23.3 Å². The minimum Gasteiger partial charge on any atom is -0.492 e. The van der Waals surface area contributed by atoms with Crippen molar-refractivity contribution in [1.29, 1.82) is 0 Å². The average molecular weight is 333 g/mol. The molecule has 2 amide bonds. The first-order valence-electron chi connectivity index (χ1n) is 7.60. The number of rotatable bonds is 6. The summed E-state index contributed by atoms with van der Waals surface area (Å²) in [6.45, 7) is 5.37. The lowest BCUT2D eigenvalue weighted by Gasteiger charge is -2.22. The lowest BCUT2D eigenvalue weighted by molar-refractivity contribution is 0.242. The van der Waals surface area contributed by atoms with E-state index in [1.54, 1.807) is 17.0 Å². The zero-order valence-corrected chi connectivity index (χ0v) is 14.1. The first kappa shape index (κ1) is 17.2. The van der Waals surface area contributed by atoms with Crippen LogP contribution in [-0.2, 0) is 0 Å². The Kier molecular flexibility index (Phi) is 6.29. The molecule has 1 N–H and O–H groups in total.